The van der Waals surface area contributed by atoms with E-state index in [4.69, 9.17) is 16.0 Å². The Labute approximate surface area is 87.9 Å². The lowest BCUT2D eigenvalue weighted by molar-refractivity contribution is 0.0741. The molecule has 0 aliphatic rings. The summed E-state index contributed by atoms with van der Waals surface area (Å²) in [5, 5.41) is 0. The minimum Gasteiger partial charge on any atom is -0.438 e. The number of hydrogen-bond acceptors (Lipinski definition) is 3. The molecule has 0 saturated heterocycles. The number of nitrogens with zero attached hydrogens (tertiary/aromatic N) is 2. The lowest BCUT2D eigenvalue weighted by Crippen LogP contribution is -2.32. The molecule has 0 radical (unpaired) electrons. The van der Waals surface area contributed by atoms with Crippen LogP contribution in [-0.2, 0) is 0 Å². The van der Waals surface area contributed by atoms with Gasteiger partial charge in [0.2, 0.25) is 5.76 Å². The van der Waals surface area contributed by atoms with Crippen LogP contribution < -0.4 is 0 Å². The number of carbonyl (C=O) groups excluding carboxylic acids is 1. The molecule has 1 amide bonds. The van der Waals surface area contributed by atoms with E-state index >= 15 is 0 Å². The third-order valence-corrected chi connectivity index (χ3v) is 2.13. The number of amides is 1. The monoisotopic (exact) mass is 216 g/mol. The topological polar surface area (TPSA) is 46.3 Å². The number of alkyl halides is 1. The van der Waals surface area contributed by atoms with Crippen LogP contribution in [0.15, 0.2) is 10.8 Å². The Balaban J connectivity index is 2.78. The third-order valence-electron chi connectivity index (χ3n) is 1.96. The Morgan fingerprint density at radius 2 is 2.43 bits per heavy atom. The SMILES string of the molecule is CCN(CCCl)C(=O)c1ocnc1C. The summed E-state index contributed by atoms with van der Waals surface area (Å²) in [7, 11) is 0. The quantitative estimate of drug-likeness (QED) is 0.720. The van der Waals surface area contributed by atoms with E-state index in [-0.39, 0.29) is 5.91 Å². The maximum Gasteiger partial charge on any atom is 0.291 e. The van der Waals surface area contributed by atoms with E-state index in [1.54, 1.807) is 11.8 Å². The molecule has 0 unspecified atom stereocenters. The number of halogens is 1. The van der Waals surface area contributed by atoms with Gasteiger partial charge in [0.1, 0.15) is 0 Å². The van der Waals surface area contributed by atoms with Crippen LogP contribution in [-0.4, -0.2) is 34.8 Å². The van der Waals surface area contributed by atoms with Crippen molar-refractivity contribution in [2.45, 2.75) is 13.8 Å². The summed E-state index contributed by atoms with van der Waals surface area (Å²) >= 11 is 5.58. The van der Waals surface area contributed by atoms with E-state index in [9.17, 15) is 4.79 Å². The summed E-state index contributed by atoms with van der Waals surface area (Å²) in [6, 6.07) is 0. The molecule has 0 aliphatic carbocycles. The van der Waals surface area contributed by atoms with Crippen molar-refractivity contribution in [1.82, 2.24) is 9.88 Å². The van der Waals surface area contributed by atoms with E-state index < -0.39 is 0 Å². The van der Waals surface area contributed by atoms with Crippen molar-refractivity contribution in [3.63, 3.8) is 0 Å². The summed E-state index contributed by atoms with van der Waals surface area (Å²) in [6.45, 7) is 4.78. The zero-order chi connectivity index (χ0) is 10.6. The molecule has 78 valence electrons. The zero-order valence-corrected chi connectivity index (χ0v) is 9.04. The van der Waals surface area contributed by atoms with E-state index in [0.717, 1.165) is 0 Å². The fraction of sp³-hybridized carbons (Fsp3) is 0.556. The summed E-state index contributed by atoms with van der Waals surface area (Å²) in [5.74, 6) is 0.576. The summed E-state index contributed by atoms with van der Waals surface area (Å²) in [5.41, 5.74) is 0.614. The van der Waals surface area contributed by atoms with Gasteiger partial charge in [-0.2, -0.15) is 0 Å². The first-order chi connectivity index (χ1) is 6.70. The molecule has 1 rings (SSSR count). The van der Waals surface area contributed by atoms with Crippen molar-refractivity contribution in [3.05, 3.63) is 17.8 Å². The highest BCUT2D eigenvalue weighted by atomic mass is 35.5. The van der Waals surface area contributed by atoms with Crippen LogP contribution in [0.5, 0.6) is 0 Å². The molecular formula is C9H13ClN2O2. The zero-order valence-electron chi connectivity index (χ0n) is 8.29. The van der Waals surface area contributed by atoms with E-state index in [1.165, 1.54) is 6.39 Å². The van der Waals surface area contributed by atoms with Gasteiger partial charge in [0.05, 0.1) is 5.69 Å². The molecule has 0 aliphatic heterocycles. The predicted octanol–water partition coefficient (Wildman–Crippen LogP) is 1.68. The second-order valence-corrected chi connectivity index (χ2v) is 3.22. The minimum atomic E-state index is -0.150. The molecule has 14 heavy (non-hydrogen) atoms. The molecule has 0 spiro atoms. The lowest BCUT2D eigenvalue weighted by atomic mass is 10.3. The first kappa shape index (κ1) is 11.0. The fourth-order valence-corrected chi connectivity index (χ4v) is 1.36. The number of aryl methyl sites for hydroxylation is 1. The van der Waals surface area contributed by atoms with Gasteiger partial charge in [0, 0.05) is 19.0 Å². The van der Waals surface area contributed by atoms with Gasteiger partial charge in [-0.05, 0) is 13.8 Å². The summed E-state index contributed by atoms with van der Waals surface area (Å²) in [6.07, 6.45) is 1.27. The standard InChI is InChI=1S/C9H13ClN2O2/c1-3-12(5-4-10)9(13)8-7(2)11-6-14-8/h6H,3-5H2,1-2H3. The second kappa shape index (κ2) is 5.00. The van der Waals surface area contributed by atoms with Crippen LogP contribution >= 0.6 is 11.6 Å². The Morgan fingerprint density at radius 1 is 1.71 bits per heavy atom. The largest absolute Gasteiger partial charge is 0.438 e. The number of oxazole rings is 1. The third kappa shape index (κ3) is 2.26. The molecule has 1 heterocycles. The van der Waals surface area contributed by atoms with Crippen molar-refractivity contribution in [1.29, 1.82) is 0 Å². The fourth-order valence-electron chi connectivity index (χ4n) is 1.16. The van der Waals surface area contributed by atoms with Crippen molar-refractivity contribution in [3.8, 4) is 0 Å². The highest BCUT2D eigenvalue weighted by molar-refractivity contribution is 6.18. The molecule has 0 bridgehead atoms. The van der Waals surface area contributed by atoms with E-state index in [1.807, 2.05) is 6.92 Å². The maximum absolute atomic E-state index is 11.8. The summed E-state index contributed by atoms with van der Waals surface area (Å²) < 4.78 is 5.01. The first-order valence-corrected chi connectivity index (χ1v) is 4.99. The van der Waals surface area contributed by atoms with Gasteiger partial charge < -0.3 is 9.32 Å². The average Bonchev–Trinajstić information content (AvgIpc) is 2.59. The highest BCUT2D eigenvalue weighted by Crippen LogP contribution is 2.09. The van der Waals surface area contributed by atoms with Gasteiger partial charge in [-0.1, -0.05) is 0 Å². The van der Waals surface area contributed by atoms with Crippen LogP contribution in [0.1, 0.15) is 23.2 Å². The number of hydrogen-bond donors (Lipinski definition) is 0. The normalized spacial score (nSPS) is 10.2. The second-order valence-electron chi connectivity index (χ2n) is 2.84. The minimum absolute atomic E-state index is 0.150. The van der Waals surface area contributed by atoms with Gasteiger partial charge in [-0.15, -0.1) is 11.6 Å². The van der Waals surface area contributed by atoms with Gasteiger partial charge in [-0.3, -0.25) is 4.79 Å². The molecule has 0 aromatic carbocycles. The molecule has 1 aromatic heterocycles. The maximum atomic E-state index is 11.8. The Bertz CT molecular complexity index is 312. The van der Waals surface area contributed by atoms with E-state index in [2.05, 4.69) is 4.98 Å². The van der Waals surface area contributed by atoms with Crippen molar-refractivity contribution < 1.29 is 9.21 Å². The van der Waals surface area contributed by atoms with E-state index in [0.29, 0.717) is 30.4 Å². The van der Waals surface area contributed by atoms with Crippen LogP contribution in [0.4, 0.5) is 0 Å². The van der Waals surface area contributed by atoms with Crippen LogP contribution in [0.25, 0.3) is 0 Å². The average molecular weight is 217 g/mol. The molecular weight excluding hydrogens is 204 g/mol. The van der Waals surface area contributed by atoms with Crippen LogP contribution in [0.2, 0.25) is 0 Å². The van der Waals surface area contributed by atoms with Gasteiger partial charge >= 0.3 is 0 Å². The molecule has 0 N–H and O–H groups in total. The first-order valence-electron chi connectivity index (χ1n) is 4.46. The smallest absolute Gasteiger partial charge is 0.291 e. The highest BCUT2D eigenvalue weighted by Gasteiger charge is 2.19. The number of carbonyl (C=O) groups is 1. The lowest BCUT2D eigenvalue weighted by Gasteiger charge is -2.17. The Hall–Kier alpha value is -1.03. The molecule has 1 aromatic rings. The van der Waals surface area contributed by atoms with Gasteiger partial charge in [-0.25, -0.2) is 4.98 Å². The molecule has 4 nitrogen and oxygen atoms in total. The van der Waals surface area contributed by atoms with Crippen molar-refractivity contribution in [2.75, 3.05) is 19.0 Å². The predicted molar refractivity (Wildman–Crippen MR) is 53.5 cm³/mol. The Kier molecular flexibility index (Phi) is 3.95. The molecule has 0 atom stereocenters. The van der Waals surface area contributed by atoms with Gasteiger partial charge in [0.15, 0.2) is 6.39 Å². The van der Waals surface area contributed by atoms with Crippen molar-refractivity contribution in [2.24, 2.45) is 0 Å². The Morgan fingerprint density at radius 3 is 2.86 bits per heavy atom. The van der Waals surface area contributed by atoms with Crippen LogP contribution in [0.3, 0.4) is 0 Å². The number of aromatic nitrogens is 1. The number of rotatable bonds is 4. The molecule has 0 saturated carbocycles. The molecule has 5 heteroatoms. The van der Waals surface area contributed by atoms with Crippen molar-refractivity contribution >= 4 is 17.5 Å². The summed E-state index contributed by atoms with van der Waals surface area (Å²) in [4.78, 5) is 17.3. The molecule has 0 fully saturated rings. The van der Waals surface area contributed by atoms with Gasteiger partial charge in [0.25, 0.3) is 5.91 Å². The van der Waals surface area contributed by atoms with Crippen LogP contribution in [0, 0.1) is 6.92 Å².